The van der Waals surface area contributed by atoms with E-state index in [1.807, 2.05) is 16.7 Å². The van der Waals surface area contributed by atoms with Gasteiger partial charge in [-0.2, -0.15) is 0 Å². The van der Waals surface area contributed by atoms with Crippen molar-refractivity contribution in [3.8, 4) is 0 Å². The summed E-state index contributed by atoms with van der Waals surface area (Å²) in [4.78, 5) is 18.9. The molecule has 0 bridgehead atoms. The molecule has 2 rings (SSSR count). The van der Waals surface area contributed by atoms with Crippen molar-refractivity contribution in [2.45, 2.75) is 19.4 Å². The van der Waals surface area contributed by atoms with Crippen molar-refractivity contribution >= 4 is 11.8 Å². The summed E-state index contributed by atoms with van der Waals surface area (Å²) in [6.07, 6.45) is 2.14. The van der Waals surface area contributed by atoms with Crippen LogP contribution in [0.2, 0.25) is 0 Å². The summed E-state index contributed by atoms with van der Waals surface area (Å²) in [7, 11) is 0. The van der Waals surface area contributed by atoms with E-state index in [1.165, 1.54) is 6.07 Å². The molecule has 1 aliphatic heterocycles. The van der Waals surface area contributed by atoms with Crippen LogP contribution >= 0.6 is 0 Å². The summed E-state index contributed by atoms with van der Waals surface area (Å²) in [6, 6.07) is 2.50. The Morgan fingerprint density at radius 3 is 2.68 bits per heavy atom. The molecular weight excluding hydrogens is 249 g/mol. The second-order valence-electron chi connectivity index (χ2n) is 4.59. The van der Waals surface area contributed by atoms with Gasteiger partial charge >= 0.3 is 5.97 Å². The van der Waals surface area contributed by atoms with E-state index >= 15 is 0 Å². The number of halogens is 1. The Hall–Kier alpha value is -1.69. The maximum atomic E-state index is 13.6. The zero-order valence-electron chi connectivity index (χ0n) is 10.9. The zero-order chi connectivity index (χ0) is 13.8. The number of carboxylic acids is 1. The zero-order valence-corrected chi connectivity index (χ0v) is 10.9. The summed E-state index contributed by atoms with van der Waals surface area (Å²) in [5.41, 5.74) is 0. The molecule has 1 aromatic heterocycles. The van der Waals surface area contributed by atoms with Crippen molar-refractivity contribution in [2.24, 2.45) is 0 Å². The van der Waals surface area contributed by atoms with Crippen LogP contribution in [0.15, 0.2) is 18.3 Å². The van der Waals surface area contributed by atoms with E-state index < -0.39 is 12.0 Å². The minimum atomic E-state index is -0.792. The lowest BCUT2D eigenvalue weighted by atomic mass is 10.1. The molecule has 0 radical (unpaired) electrons. The quantitative estimate of drug-likeness (QED) is 0.888. The maximum absolute atomic E-state index is 13.6. The molecule has 1 unspecified atom stereocenters. The van der Waals surface area contributed by atoms with Crippen molar-refractivity contribution in [1.29, 1.82) is 0 Å². The molecule has 0 aromatic carbocycles. The Morgan fingerprint density at radius 2 is 2.16 bits per heavy atom. The highest BCUT2D eigenvalue weighted by atomic mass is 19.1. The van der Waals surface area contributed by atoms with Crippen LogP contribution < -0.4 is 4.90 Å². The Kier molecular flexibility index (Phi) is 4.31. The molecule has 1 aromatic rings. The number of rotatable bonds is 4. The molecule has 1 N–H and O–H groups in total. The number of piperazine rings is 1. The Morgan fingerprint density at radius 1 is 1.47 bits per heavy atom. The van der Waals surface area contributed by atoms with Gasteiger partial charge in [0.2, 0.25) is 0 Å². The van der Waals surface area contributed by atoms with Gasteiger partial charge in [0.25, 0.3) is 0 Å². The third-order valence-electron chi connectivity index (χ3n) is 3.47. The highest BCUT2D eigenvalue weighted by molar-refractivity contribution is 5.73. The number of nitrogens with zero attached hydrogens (tertiary/aromatic N) is 3. The molecule has 0 aliphatic carbocycles. The molecule has 5 nitrogen and oxygen atoms in total. The third-order valence-corrected chi connectivity index (χ3v) is 3.47. The van der Waals surface area contributed by atoms with Gasteiger partial charge in [0.05, 0.1) is 0 Å². The molecule has 1 atom stereocenters. The van der Waals surface area contributed by atoms with Crippen molar-refractivity contribution in [2.75, 3.05) is 31.1 Å². The van der Waals surface area contributed by atoms with Gasteiger partial charge < -0.3 is 10.0 Å². The molecule has 0 spiro atoms. The lowest BCUT2D eigenvalue weighted by Gasteiger charge is -2.37. The normalized spacial score (nSPS) is 18.3. The lowest BCUT2D eigenvalue weighted by molar-refractivity contribution is -0.143. The van der Waals surface area contributed by atoms with Crippen molar-refractivity contribution < 1.29 is 14.3 Å². The number of aliphatic carboxylic acids is 1. The second-order valence-corrected chi connectivity index (χ2v) is 4.59. The van der Waals surface area contributed by atoms with E-state index in [2.05, 4.69) is 4.98 Å². The fraction of sp³-hybridized carbons (Fsp3) is 0.538. The fourth-order valence-electron chi connectivity index (χ4n) is 2.44. The summed E-state index contributed by atoms with van der Waals surface area (Å²) in [6.45, 7) is 4.28. The van der Waals surface area contributed by atoms with Gasteiger partial charge in [0.15, 0.2) is 11.6 Å². The Balaban J connectivity index is 2.00. The SMILES string of the molecule is CCC(C(=O)O)N1CCN(c2ncccc2F)CC1. The molecule has 6 heteroatoms. The molecule has 0 amide bonds. The molecule has 2 heterocycles. The smallest absolute Gasteiger partial charge is 0.320 e. The van der Waals surface area contributed by atoms with Crippen molar-refractivity contribution in [3.05, 3.63) is 24.1 Å². The summed E-state index contributed by atoms with van der Waals surface area (Å²) >= 11 is 0. The van der Waals surface area contributed by atoms with E-state index in [-0.39, 0.29) is 5.82 Å². The number of hydrogen-bond donors (Lipinski definition) is 1. The Labute approximate surface area is 111 Å². The topological polar surface area (TPSA) is 56.7 Å². The van der Waals surface area contributed by atoms with Gasteiger partial charge in [-0.1, -0.05) is 6.92 Å². The maximum Gasteiger partial charge on any atom is 0.320 e. The monoisotopic (exact) mass is 267 g/mol. The average molecular weight is 267 g/mol. The summed E-state index contributed by atoms with van der Waals surface area (Å²) in [5.74, 6) is -0.772. The molecule has 1 fully saturated rings. The number of anilines is 1. The number of carbonyl (C=O) groups is 1. The van der Waals surface area contributed by atoms with Crippen LogP contribution in [0.4, 0.5) is 10.2 Å². The second kappa shape index (κ2) is 5.97. The van der Waals surface area contributed by atoms with Gasteiger partial charge in [-0.25, -0.2) is 9.37 Å². The predicted octanol–water partition coefficient (Wildman–Crippen LogP) is 1.21. The fourth-order valence-corrected chi connectivity index (χ4v) is 2.44. The number of aromatic nitrogens is 1. The van der Waals surface area contributed by atoms with Crippen molar-refractivity contribution in [1.82, 2.24) is 9.88 Å². The van der Waals surface area contributed by atoms with Crippen LogP contribution in [0, 0.1) is 5.82 Å². The molecule has 1 aliphatic rings. The van der Waals surface area contributed by atoms with Crippen LogP contribution in [0.25, 0.3) is 0 Å². The highest BCUT2D eigenvalue weighted by Gasteiger charge is 2.28. The number of hydrogen-bond acceptors (Lipinski definition) is 4. The third kappa shape index (κ3) is 3.01. The Bertz CT molecular complexity index is 447. The van der Waals surface area contributed by atoms with Gasteiger partial charge in [0, 0.05) is 32.4 Å². The van der Waals surface area contributed by atoms with E-state index in [1.54, 1.807) is 12.3 Å². The number of carboxylic acid groups (broad SMARTS) is 1. The standard InChI is InChI=1S/C13H18FN3O2/c1-2-11(13(18)19)16-6-8-17(9-7-16)12-10(14)4-3-5-15-12/h3-5,11H,2,6-9H2,1H3,(H,18,19). The van der Waals surface area contributed by atoms with Crippen LogP contribution in [-0.4, -0.2) is 53.2 Å². The van der Waals surface area contributed by atoms with Crippen LogP contribution in [0.5, 0.6) is 0 Å². The molecule has 0 saturated carbocycles. The minimum Gasteiger partial charge on any atom is -0.480 e. The van der Waals surface area contributed by atoms with E-state index in [9.17, 15) is 9.18 Å². The predicted molar refractivity (Wildman–Crippen MR) is 69.7 cm³/mol. The first kappa shape index (κ1) is 13.7. The van der Waals surface area contributed by atoms with E-state index in [0.29, 0.717) is 38.4 Å². The van der Waals surface area contributed by atoms with Crippen LogP contribution in [0.1, 0.15) is 13.3 Å². The molecule has 104 valence electrons. The highest BCUT2D eigenvalue weighted by Crippen LogP contribution is 2.18. The van der Waals surface area contributed by atoms with E-state index in [0.717, 1.165) is 0 Å². The first-order chi connectivity index (χ1) is 9.13. The van der Waals surface area contributed by atoms with Gasteiger partial charge in [-0.05, 0) is 18.6 Å². The van der Waals surface area contributed by atoms with E-state index in [4.69, 9.17) is 5.11 Å². The first-order valence-electron chi connectivity index (χ1n) is 6.45. The van der Waals surface area contributed by atoms with Crippen LogP contribution in [-0.2, 0) is 4.79 Å². The van der Waals surface area contributed by atoms with Crippen LogP contribution in [0.3, 0.4) is 0 Å². The number of pyridine rings is 1. The molecule has 19 heavy (non-hydrogen) atoms. The molecule has 1 saturated heterocycles. The average Bonchev–Trinajstić information content (AvgIpc) is 2.41. The first-order valence-corrected chi connectivity index (χ1v) is 6.45. The van der Waals surface area contributed by atoms with Crippen molar-refractivity contribution in [3.63, 3.8) is 0 Å². The van der Waals surface area contributed by atoms with Gasteiger partial charge in [0.1, 0.15) is 6.04 Å². The summed E-state index contributed by atoms with van der Waals surface area (Å²) in [5, 5.41) is 9.12. The largest absolute Gasteiger partial charge is 0.480 e. The lowest BCUT2D eigenvalue weighted by Crippen LogP contribution is -2.52. The van der Waals surface area contributed by atoms with Gasteiger partial charge in [-0.3, -0.25) is 9.69 Å². The minimum absolute atomic E-state index is 0.332. The molecular formula is C13H18FN3O2. The summed E-state index contributed by atoms with van der Waals surface area (Å²) < 4.78 is 13.6. The van der Waals surface area contributed by atoms with Gasteiger partial charge in [-0.15, -0.1) is 0 Å².